The molecule has 0 aromatic heterocycles. The van der Waals surface area contributed by atoms with Gasteiger partial charge in [-0.1, -0.05) is 19.2 Å². The first-order chi connectivity index (χ1) is 10.8. The van der Waals surface area contributed by atoms with E-state index in [9.17, 15) is 14.4 Å². The first-order valence-electron chi connectivity index (χ1n) is 7.37. The van der Waals surface area contributed by atoms with Crippen molar-refractivity contribution in [1.82, 2.24) is 0 Å². The molecule has 2 saturated heterocycles. The van der Waals surface area contributed by atoms with E-state index >= 15 is 0 Å². The van der Waals surface area contributed by atoms with Crippen LogP contribution in [0, 0.1) is 17.3 Å². The summed E-state index contributed by atoms with van der Waals surface area (Å²) in [6, 6.07) is 0. The molecule has 1 aliphatic carbocycles. The highest BCUT2D eigenvalue weighted by Crippen LogP contribution is 2.55. The second-order valence-electron chi connectivity index (χ2n) is 6.29. The minimum Gasteiger partial charge on any atom is -0.461 e. The normalized spacial score (nSPS) is 39.0. The summed E-state index contributed by atoms with van der Waals surface area (Å²) < 4.78 is 16.1. The van der Waals surface area contributed by atoms with Crippen molar-refractivity contribution in [1.29, 1.82) is 0 Å². The zero-order valence-electron chi connectivity index (χ0n) is 12.9. The number of hydrogen-bond donors (Lipinski definition) is 0. The van der Waals surface area contributed by atoms with Gasteiger partial charge in [-0.2, -0.15) is 0 Å². The van der Waals surface area contributed by atoms with E-state index in [1.807, 2.05) is 0 Å². The van der Waals surface area contributed by atoms with E-state index in [2.05, 4.69) is 19.7 Å². The molecule has 0 amide bonds. The van der Waals surface area contributed by atoms with Gasteiger partial charge in [-0.05, 0) is 6.42 Å². The van der Waals surface area contributed by atoms with Crippen LogP contribution in [0.25, 0.3) is 0 Å². The highest BCUT2D eigenvalue weighted by Gasteiger charge is 2.62. The van der Waals surface area contributed by atoms with Crippen LogP contribution in [-0.4, -0.2) is 36.7 Å². The number of carbonyl (C=O) groups excluding carboxylic acids is 3. The number of hydrogen-bond acceptors (Lipinski definition) is 6. The summed E-state index contributed by atoms with van der Waals surface area (Å²) >= 11 is 0. The fraction of sp³-hybridized carbons (Fsp3) is 0.471. The van der Waals surface area contributed by atoms with Gasteiger partial charge in [0.2, 0.25) is 0 Å². The number of rotatable bonds is 2. The molecular formula is C17H18O6. The van der Waals surface area contributed by atoms with Crippen LogP contribution in [0.2, 0.25) is 0 Å². The van der Waals surface area contributed by atoms with Crippen LogP contribution in [0.1, 0.15) is 13.3 Å². The van der Waals surface area contributed by atoms with Crippen LogP contribution in [-0.2, 0) is 28.6 Å². The highest BCUT2D eigenvalue weighted by molar-refractivity contribution is 5.92. The fourth-order valence-corrected chi connectivity index (χ4v) is 3.98. The zero-order valence-corrected chi connectivity index (χ0v) is 12.9. The lowest BCUT2D eigenvalue weighted by molar-refractivity contribution is -0.179. The summed E-state index contributed by atoms with van der Waals surface area (Å²) in [5.41, 5.74) is -0.212. The Morgan fingerprint density at radius 1 is 1.30 bits per heavy atom. The van der Waals surface area contributed by atoms with Crippen LogP contribution < -0.4 is 0 Å². The Bertz CT molecular complexity index is 647. The molecule has 3 aliphatic rings. The minimum atomic E-state index is -0.761. The standard InChI is InChI=1S/C17H18O6/c1-5-17-6-11-12(8(2)16(20)23-11)14(22-10(4)18)13(17)9(3)15(19)21-7-17/h5,11-14H,1-3,6-7H2,4H3. The van der Waals surface area contributed by atoms with Crippen LogP contribution >= 0.6 is 0 Å². The summed E-state index contributed by atoms with van der Waals surface area (Å²) in [5, 5.41) is 0. The van der Waals surface area contributed by atoms with E-state index in [1.54, 1.807) is 6.08 Å². The van der Waals surface area contributed by atoms with Crippen molar-refractivity contribution < 1.29 is 28.6 Å². The summed E-state index contributed by atoms with van der Waals surface area (Å²) in [6.45, 7) is 12.8. The van der Waals surface area contributed by atoms with E-state index in [0.717, 1.165) is 0 Å². The minimum absolute atomic E-state index is 0.0873. The molecule has 0 radical (unpaired) electrons. The predicted octanol–water partition coefficient (Wildman–Crippen LogP) is 1.32. The quantitative estimate of drug-likeness (QED) is 0.331. The van der Waals surface area contributed by atoms with E-state index in [1.165, 1.54) is 6.92 Å². The third-order valence-electron chi connectivity index (χ3n) is 5.02. The lowest BCUT2D eigenvalue weighted by Crippen LogP contribution is -2.57. The maximum atomic E-state index is 12.0. The molecular weight excluding hydrogens is 300 g/mol. The Labute approximate surface area is 133 Å². The van der Waals surface area contributed by atoms with Crippen molar-refractivity contribution in [2.75, 3.05) is 6.61 Å². The van der Waals surface area contributed by atoms with Gasteiger partial charge in [0.15, 0.2) is 0 Å². The molecule has 3 fully saturated rings. The molecule has 6 nitrogen and oxygen atoms in total. The van der Waals surface area contributed by atoms with Crippen molar-refractivity contribution in [3.8, 4) is 0 Å². The van der Waals surface area contributed by atoms with E-state index < -0.39 is 47.4 Å². The Balaban J connectivity index is 2.11. The molecule has 2 heterocycles. The molecule has 5 unspecified atom stereocenters. The van der Waals surface area contributed by atoms with Crippen LogP contribution in [0.5, 0.6) is 0 Å². The van der Waals surface area contributed by atoms with Gasteiger partial charge in [0.05, 0.1) is 5.92 Å². The van der Waals surface area contributed by atoms with Gasteiger partial charge < -0.3 is 14.2 Å². The number of cyclic esters (lactones) is 1. The molecule has 2 aliphatic heterocycles. The van der Waals surface area contributed by atoms with E-state index in [4.69, 9.17) is 14.2 Å². The summed E-state index contributed by atoms with van der Waals surface area (Å²) in [6.07, 6.45) is 0.846. The maximum absolute atomic E-state index is 12.0. The molecule has 0 aromatic carbocycles. The van der Waals surface area contributed by atoms with Crippen LogP contribution in [0.4, 0.5) is 0 Å². The first-order valence-corrected chi connectivity index (χ1v) is 7.37. The Morgan fingerprint density at radius 2 is 2.00 bits per heavy atom. The van der Waals surface area contributed by atoms with Gasteiger partial charge in [-0.25, -0.2) is 9.59 Å². The second-order valence-corrected chi connectivity index (χ2v) is 6.29. The SMILES string of the molecule is C=CC12COC(=O)C(=C)C1C(OC(C)=O)C1C(=C)C(=O)OC1C2. The molecule has 6 heteroatoms. The van der Waals surface area contributed by atoms with Gasteiger partial charge >= 0.3 is 17.9 Å². The number of carbonyl (C=O) groups is 3. The number of ether oxygens (including phenoxy) is 3. The maximum Gasteiger partial charge on any atom is 0.334 e. The molecule has 0 N–H and O–H groups in total. The largest absolute Gasteiger partial charge is 0.461 e. The first kappa shape index (κ1) is 15.5. The smallest absolute Gasteiger partial charge is 0.334 e. The molecule has 23 heavy (non-hydrogen) atoms. The van der Waals surface area contributed by atoms with Gasteiger partial charge in [-0.3, -0.25) is 4.79 Å². The van der Waals surface area contributed by atoms with Crippen molar-refractivity contribution in [3.05, 3.63) is 37.0 Å². The third kappa shape index (κ3) is 2.12. The summed E-state index contributed by atoms with van der Waals surface area (Å²) in [4.78, 5) is 35.5. The van der Waals surface area contributed by atoms with Crippen molar-refractivity contribution >= 4 is 17.9 Å². The predicted molar refractivity (Wildman–Crippen MR) is 78.9 cm³/mol. The Hall–Kier alpha value is -2.37. The second kappa shape index (κ2) is 5.08. The lowest BCUT2D eigenvalue weighted by Gasteiger charge is -2.51. The van der Waals surface area contributed by atoms with Crippen LogP contribution in [0.15, 0.2) is 37.0 Å². The Kier molecular flexibility index (Phi) is 3.43. The molecule has 122 valence electrons. The Morgan fingerprint density at radius 3 is 2.61 bits per heavy atom. The van der Waals surface area contributed by atoms with Crippen molar-refractivity contribution in [2.45, 2.75) is 25.6 Å². The fourth-order valence-electron chi connectivity index (χ4n) is 3.98. The van der Waals surface area contributed by atoms with Crippen LogP contribution in [0.3, 0.4) is 0 Å². The molecule has 1 saturated carbocycles. The molecule has 3 rings (SSSR count). The summed E-state index contributed by atoms with van der Waals surface area (Å²) in [5.74, 6) is -2.55. The average Bonchev–Trinajstić information content (AvgIpc) is 2.77. The molecule has 5 atom stereocenters. The molecule has 0 spiro atoms. The third-order valence-corrected chi connectivity index (χ3v) is 5.02. The molecule has 0 aromatic rings. The monoisotopic (exact) mass is 318 g/mol. The highest BCUT2D eigenvalue weighted by atomic mass is 16.6. The molecule has 0 bridgehead atoms. The van der Waals surface area contributed by atoms with Gasteiger partial charge in [0.25, 0.3) is 0 Å². The van der Waals surface area contributed by atoms with Gasteiger partial charge in [0, 0.05) is 29.4 Å². The van der Waals surface area contributed by atoms with Crippen molar-refractivity contribution in [3.63, 3.8) is 0 Å². The van der Waals surface area contributed by atoms with Gasteiger partial charge in [-0.15, -0.1) is 6.58 Å². The van der Waals surface area contributed by atoms with Gasteiger partial charge in [0.1, 0.15) is 18.8 Å². The van der Waals surface area contributed by atoms with Crippen molar-refractivity contribution in [2.24, 2.45) is 17.3 Å². The van der Waals surface area contributed by atoms with E-state index in [-0.39, 0.29) is 17.8 Å². The average molecular weight is 318 g/mol. The number of esters is 3. The summed E-state index contributed by atoms with van der Waals surface area (Å²) in [7, 11) is 0. The number of fused-ring (bicyclic) bond motifs is 2. The zero-order chi connectivity index (χ0) is 16.9. The topological polar surface area (TPSA) is 78.9 Å². The van der Waals surface area contributed by atoms with E-state index in [0.29, 0.717) is 6.42 Å². The lowest BCUT2D eigenvalue weighted by atomic mass is 9.57.